The summed E-state index contributed by atoms with van der Waals surface area (Å²) < 4.78 is 0. The largest absolute Gasteiger partial charge is 0.395 e. The molecule has 1 aromatic carbocycles. The summed E-state index contributed by atoms with van der Waals surface area (Å²) in [7, 11) is 0. The second-order valence-electron chi connectivity index (χ2n) is 4.53. The molecule has 0 aliphatic rings. The van der Waals surface area contributed by atoms with Gasteiger partial charge in [-0.15, -0.1) is 11.3 Å². The van der Waals surface area contributed by atoms with Crippen LogP contribution >= 0.6 is 11.3 Å². The first-order valence-electron chi connectivity index (χ1n) is 6.68. The number of carbonyl (C=O) groups is 1. The van der Waals surface area contributed by atoms with Gasteiger partial charge >= 0.3 is 0 Å². The van der Waals surface area contributed by atoms with Crippen LogP contribution < -0.4 is 0 Å². The summed E-state index contributed by atoms with van der Waals surface area (Å²) in [5.74, 6) is -0.188. The molecule has 0 bridgehead atoms. The number of hydrogen-bond acceptors (Lipinski definition) is 4. The molecule has 0 aliphatic heterocycles. The number of nitrogens with zero attached hydrogens (tertiary/aromatic N) is 2. The molecule has 0 aliphatic carbocycles. The molecular weight excluding hydrogens is 284 g/mol. The van der Waals surface area contributed by atoms with Crippen molar-refractivity contribution in [3.05, 3.63) is 57.8 Å². The lowest BCUT2D eigenvalue weighted by atomic mass is 10.1. The average molecular weight is 300 g/mol. The predicted octanol–water partition coefficient (Wildman–Crippen LogP) is 2.30. The van der Waals surface area contributed by atoms with E-state index in [1.165, 1.54) is 11.3 Å². The number of aliphatic hydroxyl groups is 1. The van der Waals surface area contributed by atoms with E-state index in [2.05, 4.69) is 0 Å². The molecule has 1 amide bonds. The maximum absolute atomic E-state index is 12.5. The van der Waals surface area contributed by atoms with Crippen molar-refractivity contribution in [2.75, 3.05) is 19.7 Å². The molecule has 5 heteroatoms. The van der Waals surface area contributed by atoms with Gasteiger partial charge in [0.2, 0.25) is 0 Å². The van der Waals surface area contributed by atoms with E-state index < -0.39 is 0 Å². The predicted molar refractivity (Wildman–Crippen MR) is 82.2 cm³/mol. The van der Waals surface area contributed by atoms with Crippen molar-refractivity contribution in [1.29, 1.82) is 5.26 Å². The van der Waals surface area contributed by atoms with E-state index in [0.717, 1.165) is 12.0 Å². The van der Waals surface area contributed by atoms with Gasteiger partial charge < -0.3 is 10.0 Å². The van der Waals surface area contributed by atoms with Crippen LogP contribution in [-0.2, 0) is 6.42 Å². The van der Waals surface area contributed by atoms with E-state index in [-0.39, 0.29) is 19.1 Å². The molecule has 2 rings (SSSR count). The Morgan fingerprint density at radius 3 is 2.67 bits per heavy atom. The molecule has 0 radical (unpaired) electrons. The van der Waals surface area contributed by atoms with E-state index in [9.17, 15) is 4.79 Å². The quantitative estimate of drug-likeness (QED) is 0.890. The number of nitriles is 1. The molecule has 1 N–H and O–H groups in total. The molecule has 108 valence electrons. The Morgan fingerprint density at radius 2 is 2.00 bits per heavy atom. The van der Waals surface area contributed by atoms with Gasteiger partial charge in [-0.3, -0.25) is 4.79 Å². The molecule has 1 aromatic heterocycles. The zero-order valence-corrected chi connectivity index (χ0v) is 12.3. The van der Waals surface area contributed by atoms with Crippen LogP contribution in [0, 0.1) is 11.3 Å². The number of carbonyl (C=O) groups excluding carboxylic acids is 1. The molecule has 0 saturated carbocycles. The highest BCUT2D eigenvalue weighted by molar-refractivity contribution is 7.12. The zero-order valence-electron chi connectivity index (χ0n) is 11.5. The molecular formula is C16H16N2O2S. The first-order chi connectivity index (χ1) is 10.3. The Balaban J connectivity index is 2.08. The Labute approximate surface area is 127 Å². The zero-order chi connectivity index (χ0) is 15.1. The van der Waals surface area contributed by atoms with E-state index in [1.54, 1.807) is 16.3 Å². The number of benzene rings is 1. The van der Waals surface area contributed by atoms with Crippen molar-refractivity contribution in [1.82, 2.24) is 4.90 Å². The minimum absolute atomic E-state index is 0.0895. The first kappa shape index (κ1) is 15.2. The third-order valence-electron chi connectivity index (χ3n) is 3.15. The highest BCUT2D eigenvalue weighted by Crippen LogP contribution is 2.18. The topological polar surface area (TPSA) is 64.3 Å². The maximum Gasteiger partial charge on any atom is 0.265 e. The molecule has 0 saturated heterocycles. The third kappa shape index (κ3) is 3.91. The van der Waals surface area contributed by atoms with Crippen LogP contribution in [0.5, 0.6) is 0 Å². The van der Waals surface area contributed by atoms with Crippen LogP contribution in [0.2, 0.25) is 0 Å². The van der Waals surface area contributed by atoms with Crippen LogP contribution in [0.25, 0.3) is 0 Å². The van der Waals surface area contributed by atoms with Crippen molar-refractivity contribution in [2.45, 2.75) is 6.42 Å². The van der Waals surface area contributed by atoms with Gasteiger partial charge in [0.1, 0.15) is 10.9 Å². The number of amides is 1. The minimum Gasteiger partial charge on any atom is -0.395 e. The molecule has 21 heavy (non-hydrogen) atoms. The Hall–Kier alpha value is -2.16. The van der Waals surface area contributed by atoms with Gasteiger partial charge in [-0.1, -0.05) is 30.3 Å². The van der Waals surface area contributed by atoms with E-state index >= 15 is 0 Å². The van der Waals surface area contributed by atoms with Crippen LogP contribution in [0.4, 0.5) is 0 Å². The van der Waals surface area contributed by atoms with E-state index in [4.69, 9.17) is 10.4 Å². The molecule has 0 fully saturated rings. The van der Waals surface area contributed by atoms with Crippen molar-refractivity contribution in [2.24, 2.45) is 0 Å². The summed E-state index contributed by atoms with van der Waals surface area (Å²) in [6.07, 6.45) is 0.722. The van der Waals surface area contributed by atoms with Gasteiger partial charge in [-0.2, -0.15) is 5.26 Å². The fourth-order valence-electron chi connectivity index (χ4n) is 2.05. The lowest BCUT2D eigenvalue weighted by Gasteiger charge is -2.21. The van der Waals surface area contributed by atoms with E-state index in [0.29, 0.717) is 17.0 Å². The SMILES string of the molecule is N#Cc1ccsc1C(=O)N(CCO)CCc1ccccc1. The average Bonchev–Trinajstić information content (AvgIpc) is 3.00. The second-order valence-corrected chi connectivity index (χ2v) is 5.44. The summed E-state index contributed by atoms with van der Waals surface area (Å²) >= 11 is 1.26. The molecule has 2 aromatic rings. The Kier molecular flexibility index (Phi) is 5.50. The molecule has 0 atom stereocenters. The van der Waals surface area contributed by atoms with Crippen molar-refractivity contribution in [3.8, 4) is 6.07 Å². The lowest BCUT2D eigenvalue weighted by molar-refractivity contribution is 0.0728. The van der Waals surface area contributed by atoms with Gasteiger partial charge in [0, 0.05) is 13.1 Å². The van der Waals surface area contributed by atoms with Crippen LogP contribution in [-0.4, -0.2) is 35.6 Å². The third-order valence-corrected chi connectivity index (χ3v) is 4.05. The monoisotopic (exact) mass is 300 g/mol. The number of hydrogen-bond donors (Lipinski definition) is 1. The van der Waals surface area contributed by atoms with Gasteiger partial charge in [-0.25, -0.2) is 0 Å². The number of rotatable bonds is 6. The summed E-state index contributed by atoms with van der Waals surface area (Å²) in [5.41, 5.74) is 1.53. The van der Waals surface area contributed by atoms with Crippen molar-refractivity contribution >= 4 is 17.2 Å². The molecule has 1 heterocycles. The summed E-state index contributed by atoms with van der Waals surface area (Å²) in [4.78, 5) is 14.5. The van der Waals surface area contributed by atoms with Crippen LogP contribution in [0.15, 0.2) is 41.8 Å². The summed E-state index contributed by atoms with van der Waals surface area (Å²) in [5, 5.41) is 19.9. The highest BCUT2D eigenvalue weighted by atomic mass is 32.1. The maximum atomic E-state index is 12.5. The van der Waals surface area contributed by atoms with Gasteiger partial charge in [0.05, 0.1) is 12.2 Å². The van der Waals surface area contributed by atoms with E-state index in [1.807, 2.05) is 36.4 Å². The minimum atomic E-state index is -0.188. The normalized spacial score (nSPS) is 10.1. The fraction of sp³-hybridized carbons (Fsp3) is 0.250. The highest BCUT2D eigenvalue weighted by Gasteiger charge is 2.19. The second kappa shape index (κ2) is 7.58. The summed E-state index contributed by atoms with van der Waals surface area (Å²) in [6.45, 7) is 0.703. The van der Waals surface area contributed by atoms with Crippen LogP contribution in [0.1, 0.15) is 20.8 Å². The van der Waals surface area contributed by atoms with Crippen LogP contribution in [0.3, 0.4) is 0 Å². The molecule has 0 unspecified atom stereocenters. The van der Waals surface area contributed by atoms with Gasteiger partial charge in [-0.05, 0) is 23.4 Å². The lowest BCUT2D eigenvalue weighted by Crippen LogP contribution is -2.35. The Morgan fingerprint density at radius 1 is 1.24 bits per heavy atom. The standard InChI is InChI=1S/C16H16N2O2S/c17-12-14-7-11-21-15(14)16(20)18(9-10-19)8-6-13-4-2-1-3-5-13/h1-5,7,11,19H,6,8-10H2. The molecule has 0 spiro atoms. The summed E-state index contributed by atoms with van der Waals surface area (Å²) in [6, 6.07) is 13.6. The number of aliphatic hydroxyl groups excluding tert-OH is 1. The first-order valence-corrected chi connectivity index (χ1v) is 7.56. The van der Waals surface area contributed by atoms with Gasteiger partial charge in [0.25, 0.3) is 5.91 Å². The van der Waals surface area contributed by atoms with Crippen molar-refractivity contribution < 1.29 is 9.90 Å². The fourth-order valence-corrected chi connectivity index (χ4v) is 2.86. The van der Waals surface area contributed by atoms with Crippen molar-refractivity contribution in [3.63, 3.8) is 0 Å². The number of thiophene rings is 1. The Bertz CT molecular complexity index is 631. The van der Waals surface area contributed by atoms with Gasteiger partial charge in [0.15, 0.2) is 0 Å². The smallest absolute Gasteiger partial charge is 0.265 e. The molecule has 4 nitrogen and oxygen atoms in total.